The van der Waals surface area contributed by atoms with Crippen molar-refractivity contribution >= 4 is 5.91 Å². The van der Waals surface area contributed by atoms with Crippen LogP contribution in [-0.4, -0.2) is 27.2 Å². The largest absolute Gasteiger partial charge is 0.349 e. The molecule has 0 atom stereocenters. The monoisotopic (exact) mass is 332 g/mol. The van der Waals surface area contributed by atoms with Crippen LogP contribution >= 0.6 is 0 Å². The van der Waals surface area contributed by atoms with E-state index < -0.39 is 0 Å². The minimum atomic E-state index is -0.198. The van der Waals surface area contributed by atoms with Gasteiger partial charge in [-0.1, -0.05) is 48.5 Å². The van der Waals surface area contributed by atoms with Gasteiger partial charge in [0.05, 0.1) is 5.69 Å². The predicted molar refractivity (Wildman–Crippen MR) is 95.7 cm³/mol. The molecule has 2 aromatic carbocycles. The van der Waals surface area contributed by atoms with Gasteiger partial charge in [-0.05, 0) is 36.5 Å². The van der Waals surface area contributed by atoms with E-state index in [-0.39, 0.29) is 11.7 Å². The van der Waals surface area contributed by atoms with E-state index >= 15 is 0 Å². The highest BCUT2D eigenvalue weighted by Crippen LogP contribution is 2.27. The summed E-state index contributed by atoms with van der Waals surface area (Å²) in [7, 11) is 0. The molecule has 0 aliphatic heterocycles. The van der Waals surface area contributed by atoms with E-state index in [1.165, 1.54) is 12.8 Å². The lowest BCUT2D eigenvalue weighted by molar-refractivity contribution is 0.0941. The van der Waals surface area contributed by atoms with E-state index in [1.54, 1.807) is 4.68 Å². The molecule has 25 heavy (non-hydrogen) atoms. The summed E-state index contributed by atoms with van der Waals surface area (Å²) in [5.74, 6) is 1.42. The normalized spacial score (nSPS) is 13.6. The van der Waals surface area contributed by atoms with Gasteiger partial charge >= 0.3 is 0 Å². The number of hydrogen-bond acceptors (Lipinski definition) is 3. The average Bonchev–Trinajstić information content (AvgIpc) is 3.40. The third-order valence-corrected chi connectivity index (χ3v) is 4.33. The minimum Gasteiger partial charge on any atom is -0.349 e. The quantitative estimate of drug-likeness (QED) is 0.755. The Morgan fingerprint density at radius 3 is 2.40 bits per heavy atom. The highest BCUT2D eigenvalue weighted by atomic mass is 16.2. The van der Waals surface area contributed by atoms with Crippen LogP contribution in [0.1, 0.15) is 34.8 Å². The van der Waals surface area contributed by atoms with Gasteiger partial charge < -0.3 is 5.32 Å². The van der Waals surface area contributed by atoms with Crippen molar-refractivity contribution in [2.45, 2.75) is 19.3 Å². The van der Waals surface area contributed by atoms with Crippen molar-refractivity contribution in [3.8, 4) is 5.69 Å². The molecule has 3 aromatic rings. The maximum Gasteiger partial charge on any atom is 0.290 e. The lowest BCUT2D eigenvalue weighted by Gasteiger charge is -2.05. The van der Waals surface area contributed by atoms with Crippen LogP contribution in [0.5, 0.6) is 0 Å². The highest BCUT2D eigenvalue weighted by molar-refractivity contribution is 5.90. The zero-order chi connectivity index (χ0) is 17.1. The number of carbonyl (C=O) groups excluding carboxylic acids is 1. The van der Waals surface area contributed by atoms with Gasteiger partial charge in [-0.2, -0.15) is 0 Å². The molecule has 126 valence electrons. The van der Waals surface area contributed by atoms with E-state index in [9.17, 15) is 4.79 Å². The van der Waals surface area contributed by atoms with Gasteiger partial charge in [0.1, 0.15) is 5.82 Å². The number of carbonyl (C=O) groups is 1. The van der Waals surface area contributed by atoms with E-state index in [0.29, 0.717) is 18.9 Å². The molecule has 1 aliphatic rings. The topological polar surface area (TPSA) is 59.8 Å². The maximum atomic E-state index is 12.4. The summed E-state index contributed by atoms with van der Waals surface area (Å²) in [6.45, 7) is 0.715. The Hall–Kier alpha value is -2.95. The van der Waals surface area contributed by atoms with E-state index in [4.69, 9.17) is 0 Å². The number of aromatic nitrogens is 3. The first-order valence-corrected chi connectivity index (χ1v) is 8.63. The van der Waals surface area contributed by atoms with Crippen LogP contribution in [0.2, 0.25) is 0 Å². The molecule has 0 saturated heterocycles. The first-order chi connectivity index (χ1) is 12.3. The first-order valence-electron chi connectivity index (χ1n) is 8.63. The third kappa shape index (κ3) is 3.76. The smallest absolute Gasteiger partial charge is 0.290 e. The molecule has 4 rings (SSSR count). The standard InChI is InChI=1S/C20H20N4O/c25-20(21-14-16-11-12-16)19-22-18(13-15-7-3-1-4-8-15)24(23-19)17-9-5-2-6-10-17/h1-10,16H,11-14H2,(H,21,25). The predicted octanol–water partition coefficient (Wildman–Crippen LogP) is 3.00. The van der Waals surface area contributed by atoms with Crippen LogP contribution in [-0.2, 0) is 6.42 Å². The molecular weight excluding hydrogens is 312 g/mol. The van der Waals surface area contributed by atoms with Crippen LogP contribution in [0.25, 0.3) is 5.69 Å². The Labute approximate surface area is 146 Å². The van der Waals surface area contributed by atoms with E-state index in [0.717, 1.165) is 17.1 Å². The highest BCUT2D eigenvalue weighted by Gasteiger charge is 2.23. The van der Waals surface area contributed by atoms with E-state index in [2.05, 4.69) is 27.5 Å². The molecular formula is C20H20N4O. The molecule has 0 unspecified atom stereocenters. The number of rotatable bonds is 6. The number of benzene rings is 2. The van der Waals surface area contributed by atoms with Crippen molar-refractivity contribution < 1.29 is 4.79 Å². The van der Waals surface area contributed by atoms with Gasteiger partial charge in [-0.25, -0.2) is 9.67 Å². The molecule has 1 N–H and O–H groups in total. The number of para-hydroxylation sites is 1. The molecule has 0 radical (unpaired) electrons. The Morgan fingerprint density at radius 1 is 1.04 bits per heavy atom. The van der Waals surface area contributed by atoms with Crippen molar-refractivity contribution in [1.82, 2.24) is 20.1 Å². The van der Waals surface area contributed by atoms with Crippen molar-refractivity contribution in [3.05, 3.63) is 77.9 Å². The zero-order valence-corrected chi connectivity index (χ0v) is 13.9. The van der Waals surface area contributed by atoms with Gasteiger partial charge in [-0.15, -0.1) is 5.10 Å². The summed E-state index contributed by atoms with van der Waals surface area (Å²) in [4.78, 5) is 16.9. The Kier molecular flexibility index (Phi) is 4.29. The Bertz CT molecular complexity index is 854. The summed E-state index contributed by atoms with van der Waals surface area (Å²) in [6.07, 6.45) is 3.02. The molecule has 1 amide bonds. The summed E-state index contributed by atoms with van der Waals surface area (Å²) < 4.78 is 1.76. The average molecular weight is 332 g/mol. The second-order valence-electron chi connectivity index (χ2n) is 6.41. The van der Waals surface area contributed by atoms with Crippen molar-refractivity contribution in [2.24, 2.45) is 5.92 Å². The number of amides is 1. The van der Waals surface area contributed by atoms with Crippen LogP contribution in [0, 0.1) is 5.92 Å². The SMILES string of the molecule is O=C(NCC1CC1)c1nc(Cc2ccccc2)n(-c2ccccc2)n1. The number of nitrogens with one attached hydrogen (secondary N) is 1. The lowest BCUT2D eigenvalue weighted by atomic mass is 10.1. The van der Waals surface area contributed by atoms with Gasteiger partial charge in [-0.3, -0.25) is 4.79 Å². The summed E-state index contributed by atoms with van der Waals surface area (Å²) >= 11 is 0. The van der Waals surface area contributed by atoms with Crippen molar-refractivity contribution in [2.75, 3.05) is 6.54 Å². The molecule has 1 fully saturated rings. The number of nitrogens with zero attached hydrogens (tertiary/aromatic N) is 3. The van der Waals surface area contributed by atoms with Crippen LogP contribution < -0.4 is 5.32 Å². The Balaban J connectivity index is 1.63. The molecule has 5 nitrogen and oxygen atoms in total. The molecule has 1 saturated carbocycles. The first kappa shape index (κ1) is 15.6. The maximum absolute atomic E-state index is 12.4. The minimum absolute atomic E-state index is 0.198. The lowest BCUT2D eigenvalue weighted by Crippen LogP contribution is -2.26. The second-order valence-corrected chi connectivity index (χ2v) is 6.41. The molecule has 1 aromatic heterocycles. The molecule has 0 bridgehead atoms. The van der Waals surface area contributed by atoms with Gasteiger partial charge in [0.25, 0.3) is 5.91 Å². The van der Waals surface area contributed by atoms with Gasteiger partial charge in [0.2, 0.25) is 5.82 Å². The molecule has 1 aliphatic carbocycles. The zero-order valence-electron chi connectivity index (χ0n) is 13.9. The fourth-order valence-electron chi connectivity index (χ4n) is 2.75. The van der Waals surface area contributed by atoms with E-state index in [1.807, 2.05) is 48.5 Å². The van der Waals surface area contributed by atoms with Crippen LogP contribution in [0.3, 0.4) is 0 Å². The Morgan fingerprint density at radius 2 is 1.72 bits per heavy atom. The van der Waals surface area contributed by atoms with Gasteiger partial charge in [0, 0.05) is 13.0 Å². The summed E-state index contributed by atoms with van der Waals surface area (Å²) in [5.41, 5.74) is 2.04. The fourth-order valence-corrected chi connectivity index (χ4v) is 2.75. The summed E-state index contributed by atoms with van der Waals surface area (Å²) in [5, 5.41) is 7.41. The van der Waals surface area contributed by atoms with Crippen LogP contribution in [0.15, 0.2) is 60.7 Å². The number of hydrogen-bond donors (Lipinski definition) is 1. The molecule has 5 heteroatoms. The van der Waals surface area contributed by atoms with Crippen LogP contribution in [0.4, 0.5) is 0 Å². The molecule has 1 heterocycles. The second kappa shape index (κ2) is 6.89. The van der Waals surface area contributed by atoms with Gasteiger partial charge in [0.15, 0.2) is 0 Å². The van der Waals surface area contributed by atoms with Crippen molar-refractivity contribution in [3.63, 3.8) is 0 Å². The molecule has 0 spiro atoms. The summed E-state index contributed by atoms with van der Waals surface area (Å²) in [6, 6.07) is 19.9. The van der Waals surface area contributed by atoms with Crippen molar-refractivity contribution in [1.29, 1.82) is 0 Å². The third-order valence-electron chi connectivity index (χ3n) is 4.33. The fraction of sp³-hybridized carbons (Fsp3) is 0.250.